The van der Waals surface area contributed by atoms with Gasteiger partial charge in [-0.1, -0.05) is 15.9 Å². The molecule has 0 fully saturated rings. The molecule has 17 heavy (non-hydrogen) atoms. The van der Waals surface area contributed by atoms with Crippen LogP contribution in [-0.2, 0) is 13.5 Å². The summed E-state index contributed by atoms with van der Waals surface area (Å²) in [5, 5.41) is 0.531. The molecule has 0 aliphatic rings. The van der Waals surface area contributed by atoms with Crippen LogP contribution >= 0.6 is 15.9 Å². The third-order valence-electron chi connectivity index (χ3n) is 2.38. The average molecular weight is 314 g/mol. The number of alkyl halides is 4. The van der Waals surface area contributed by atoms with Crippen molar-refractivity contribution in [1.29, 1.82) is 0 Å². The molecule has 0 saturated heterocycles. The van der Waals surface area contributed by atoms with Crippen LogP contribution in [0.1, 0.15) is 5.82 Å². The Hall–Kier alpha value is -0.560. The summed E-state index contributed by atoms with van der Waals surface area (Å²) < 4.78 is 38.7. The fraction of sp³-hybridized carbons (Fsp3) is 0.700. The molecule has 0 amide bonds. The lowest BCUT2D eigenvalue weighted by Crippen LogP contribution is -2.37. The van der Waals surface area contributed by atoms with Gasteiger partial charge in [0.2, 0.25) is 0 Å². The second-order valence-electron chi connectivity index (χ2n) is 3.78. The molecule has 0 spiro atoms. The van der Waals surface area contributed by atoms with Crippen LogP contribution < -0.4 is 0 Å². The molecule has 7 heteroatoms. The summed E-state index contributed by atoms with van der Waals surface area (Å²) in [4.78, 5) is 5.47. The molecule has 3 nitrogen and oxygen atoms in total. The van der Waals surface area contributed by atoms with E-state index in [1.54, 1.807) is 12.4 Å². The number of imidazole rings is 1. The van der Waals surface area contributed by atoms with Gasteiger partial charge in [0, 0.05) is 44.3 Å². The highest BCUT2D eigenvalue weighted by Crippen LogP contribution is 2.16. The van der Waals surface area contributed by atoms with Crippen molar-refractivity contribution < 1.29 is 13.2 Å². The first kappa shape index (κ1) is 14.5. The van der Waals surface area contributed by atoms with Crippen molar-refractivity contribution in [1.82, 2.24) is 14.5 Å². The van der Waals surface area contributed by atoms with E-state index in [0.717, 1.165) is 5.82 Å². The lowest BCUT2D eigenvalue weighted by molar-refractivity contribution is -0.145. The zero-order valence-corrected chi connectivity index (χ0v) is 11.1. The van der Waals surface area contributed by atoms with Gasteiger partial charge in [0.05, 0.1) is 6.54 Å². The zero-order chi connectivity index (χ0) is 12.9. The summed E-state index contributed by atoms with van der Waals surface area (Å²) in [5.74, 6) is 0.798. The monoisotopic (exact) mass is 313 g/mol. The molecular weight excluding hydrogens is 299 g/mol. The van der Waals surface area contributed by atoms with Crippen LogP contribution in [0.3, 0.4) is 0 Å². The molecule has 0 bridgehead atoms. The van der Waals surface area contributed by atoms with E-state index < -0.39 is 12.7 Å². The lowest BCUT2D eigenvalue weighted by atomic mass is 10.3. The predicted molar refractivity (Wildman–Crippen MR) is 63.2 cm³/mol. The minimum Gasteiger partial charge on any atom is -0.338 e. The molecule has 0 aliphatic heterocycles. The summed E-state index contributed by atoms with van der Waals surface area (Å²) in [6, 6.07) is 0. The van der Waals surface area contributed by atoms with Crippen molar-refractivity contribution in [2.45, 2.75) is 12.6 Å². The highest BCUT2D eigenvalue weighted by molar-refractivity contribution is 9.09. The zero-order valence-electron chi connectivity index (χ0n) is 9.54. The van der Waals surface area contributed by atoms with Crippen molar-refractivity contribution in [3.63, 3.8) is 0 Å². The first-order chi connectivity index (χ1) is 7.92. The Labute approximate surface area is 107 Å². The fourth-order valence-corrected chi connectivity index (χ4v) is 2.04. The van der Waals surface area contributed by atoms with E-state index in [1.165, 1.54) is 4.90 Å². The van der Waals surface area contributed by atoms with Gasteiger partial charge < -0.3 is 4.57 Å². The van der Waals surface area contributed by atoms with Gasteiger partial charge in [0.1, 0.15) is 5.82 Å². The van der Waals surface area contributed by atoms with E-state index in [4.69, 9.17) is 0 Å². The van der Waals surface area contributed by atoms with Gasteiger partial charge in [-0.15, -0.1) is 0 Å². The van der Waals surface area contributed by atoms with E-state index >= 15 is 0 Å². The fourth-order valence-electron chi connectivity index (χ4n) is 1.54. The maximum absolute atomic E-state index is 12.3. The van der Waals surface area contributed by atoms with E-state index in [1.807, 2.05) is 11.6 Å². The molecule has 0 saturated carbocycles. The SMILES string of the molecule is Cn1ccnc1CCN(CCBr)CC(F)(F)F. The van der Waals surface area contributed by atoms with Crippen LogP contribution in [0.4, 0.5) is 13.2 Å². The first-order valence-corrected chi connectivity index (χ1v) is 6.36. The molecule has 0 atom stereocenters. The topological polar surface area (TPSA) is 21.1 Å². The molecule has 1 heterocycles. The molecule has 0 unspecified atom stereocenters. The molecule has 0 N–H and O–H groups in total. The molecule has 0 aromatic carbocycles. The number of aromatic nitrogens is 2. The van der Waals surface area contributed by atoms with Crippen LogP contribution in [0.2, 0.25) is 0 Å². The summed E-state index contributed by atoms with van der Waals surface area (Å²) in [7, 11) is 1.83. The van der Waals surface area contributed by atoms with Crippen molar-refractivity contribution in [3.8, 4) is 0 Å². The third kappa shape index (κ3) is 5.54. The van der Waals surface area contributed by atoms with Gasteiger partial charge in [-0.25, -0.2) is 4.98 Å². The number of nitrogens with zero attached hydrogens (tertiary/aromatic N) is 3. The van der Waals surface area contributed by atoms with E-state index in [0.29, 0.717) is 24.8 Å². The van der Waals surface area contributed by atoms with Gasteiger partial charge in [-0.05, 0) is 0 Å². The largest absolute Gasteiger partial charge is 0.401 e. The Bertz CT molecular complexity index is 338. The Kier molecular flexibility index (Phi) is 5.45. The van der Waals surface area contributed by atoms with Crippen molar-refractivity contribution in [3.05, 3.63) is 18.2 Å². The third-order valence-corrected chi connectivity index (χ3v) is 2.73. The second-order valence-corrected chi connectivity index (χ2v) is 4.58. The van der Waals surface area contributed by atoms with E-state index in [9.17, 15) is 13.2 Å². The molecule has 1 aromatic rings. The van der Waals surface area contributed by atoms with E-state index in [2.05, 4.69) is 20.9 Å². The molecule has 1 aromatic heterocycles. The molecule has 1 rings (SSSR count). The minimum atomic E-state index is -4.15. The highest BCUT2D eigenvalue weighted by Gasteiger charge is 2.30. The van der Waals surface area contributed by atoms with Gasteiger partial charge in [-0.3, -0.25) is 4.90 Å². The van der Waals surface area contributed by atoms with Gasteiger partial charge in [0.15, 0.2) is 0 Å². The Morgan fingerprint density at radius 2 is 2.12 bits per heavy atom. The highest BCUT2D eigenvalue weighted by atomic mass is 79.9. The number of aryl methyl sites for hydroxylation is 1. The molecule has 0 aliphatic carbocycles. The van der Waals surface area contributed by atoms with Crippen LogP contribution in [0.25, 0.3) is 0 Å². The summed E-state index contributed by atoms with van der Waals surface area (Å²) >= 11 is 3.16. The van der Waals surface area contributed by atoms with E-state index in [-0.39, 0.29) is 0 Å². The number of hydrogen-bond donors (Lipinski definition) is 0. The Balaban J connectivity index is 2.47. The van der Waals surface area contributed by atoms with Gasteiger partial charge >= 0.3 is 6.18 Å². The quantitative estimate of drug-likeness (QED) is 0.751. The summed E-state index contributed by atoms with van der Waals surface area (Å²) in [5.41, 5.74) is 0. The Morgan fingerprint density at radius 3 is 2.59 bits per heavy atom. The summed E-state index contributed by atoms with van der Waals surface area (Å²) in [6.45, 7) is -0.136. The number of hydrogen-bond acceptors (Lipinski definition) is 2. The van der Waals surface area contributed by atoms with Crippen molar-refractivity contribution in [2.24, 2.45) is 7.05 Å². The van der Waals surface area contributed by atoms with Crippen molar-refractivity contribution >= 4 is 15.9 Å². The predicted octanol–water partition coefficient (Wildman–Crippen LogP) is 2.22. The van der Waals surface area contributed by atoms with Crippen molar-refractivity contribution in [2.75, 3.05) is 25.0 Å². The van der Waals surface area contributed by atoms with Crippen LogP contribution in [0, 0.1) is 0 Å². The van der Waals surface area contributed by atoms with Gasteiger partial charge in [0.25, 0.3) is 0 Å². The van der Waals surface area contributed by atoms with Gasteiger partial charge in [-0.2, -0.15) is 13.2 Å². The molecular formula is C10H15BrF3N3. The van der Waals surface area contributed by atoms with Crippen LogP contribution in [0.15, 0.2) is 12.4 Å². The average Bonchev–Trinajstić information content (AvgIpc) is 2.59. The second kappa shape index (κ2) is 6.39. The maximum atomic E-state index is 12.3. The first-order valence-electron chi connectivity index (χ1n) is 5.23. The lowest BCUT2D eigenvalue weighted by Gasteiger charge is -2.22. The maximum Gasteiger partial charge on any atom is 0.401 e. The van der Waals surface area contributed by atoms with Crippen LogP contribution in [-0.4, -0.2) is 45.6 Å². The summed E-state index contributed by atoms with van der Waals surface area (Å²) in [6.07, 6.45) is -0.196. The number of halogens is 4. The molecule has 98 valence electrons. The number of rotatable bonds is 6. The standard InChI is InChI=1S/C10H15BrF3N3/c1-16-7-4-15-9(16)2-5-17(6-3-11)8-10(12,13)14/h4,7H,2-3,5-6,8H2,1H3. The Morgan fingerprint density at radius 1 is 1.41 bits per heavy atom. The molecule has 0 radical (unpaired) electrons. The normalized spacial score (nSPS) is 12.4. The minimum absolute atomic E-state index is 0.357. The smallest absolute Gasteiger partial charge is 0.338 e. The van der Waals surface area contributed by atoms with Crippen LogP contribution in [0.5, 0.6) is 0 Å².